The number of furan rings is 1. The van der Waals surface area contributed by atoms with Crippen molar-refractivity contribution in [1.82, 2.24) is 9.13 Å². The maximum Gasteiger partial charge on any atom is 0.136 e. The highest BCUT2D eigenvalue weighted by Crippen LogP contribution is 2.53. The van der Waals surface area contributed by atoms with Crippen molar-refractivity contribution in [3.8, 4) is 33.6 Å². The lowest BCUT2D eigenvalue weighted by Crippen LogP contribution is -2.15. The van der Waals surface area contributed by atoms with Crippen LogP contribution < -0.4 is 0 Å². The Balaban J connectivity index is 1.03. The van der Waals surface area contributed by atoms with Crippen LogP contribution in [0.3, 0.4) is 0 Å². The molecule has 0 saturated carbocycles. The molecule has 3 heterocycles. The van der Waals surface area contributed by atoms with Gasteiger partial charge >= 0.3 is 0 Å². The van der Waals surface area contributed by atoms with Gasteiger partial charge in [-0.3, -0.25) is 0 Å². The zero-order valence-corrected chi connectivity index (χ0v) is 30.0. The van der Waals surface area contributed by atoms with E-state index in [2.05, 4.69) is 187 Å². The lowest BCUT2D eigenvalue weighted by atomic mass is 9.82. The second-order valence-corrected chi connectivity index (χ2v) is 15.3. The predicted molar refractivity (Wildman–Crippen MR) is 225 cm³/mol. The molecule has 1 aliphatic carbocycles. The van der Waals surface area contributed by atoms with Crippen LogP contribution in [0.2, 0.25) is 0 Å². The van der Waals surface area contributed by atoms with E-state index in [0.29, 0.717) is 0 Å². The van der Waals surface area contributed by atoms with E-state index in [-0.39, 0.29) is 5.41 Å². The quantitative estimate of drug-likeness (QED) is 0.181. The molecule has 8 aromatic carbocycles. The number of hydrogen-bond donors (Lipinski definition) is 0. The summed E-state index contributed by atoms with van der Waals surface area (Å²) in [4.78, 5) is 0. The fraction of sp³-hybridized carbons (Fsp3) is 0.0588. The van der Waals surface area contributed by atoms with Crippen LogP contribution in [0.15, 0.2) is 174 Å². The third kappa shape index (κ3) is 3.91. The minimum absolute atomic E-state index is 0.165. The van der Waals surface area contributed by atoms with E-state index in [1.165, 1.54) is 99.1 Å². The smallest absolute Gasteiger partial charge is 0.136 e. The fourth-order valence-electron chi connectivity index (χ4n) is 9.61. The first-order valence-corrected chi connectivity index (χ1v) is 18.8. The number of aromatic nitrogens is 2. The van der Waals surface area contributed by atoms with E-state index in [1.807, 2.05) is 6.07 Å². The molecule has 12 rings (SSSR count). The van der Waals surface area contributed by atoms with Crippen molar-refractivity contribution in [2.75, 3.05) is 0 Å². The Morgan fingerprint density at radius 2 is 0.981 bits per heavy atom. The second-order valence-electron chi connectivity index (χ2n) is 15.3. The number of fused-ring (bicyclic) bond motifs is 13. The zero-order valence-electron chi connectivity index (χ0n) is 30.0. The van der Waals surface area contributed by atoms with E-state index in [1.54, 1.807) is 0 Å². The highest BCUT2D eigenvalue weighted by molar-refractivity contribution is 6.16. The van der Waals surface area contributed by atoms with E-state index in [9.17, 15) is 0 Å². The van der Waals surface area contributed by atoms with E-state index in [4.69, 9.17) is 4.42 Å². The Morgan fingerprint density at radius 1 is 0.407 bits per heavy atom. The Labute approximate surface area is 311 Å². The molecule has 3 aromatic heterocycles. The number of nitrogens with zero attached hydrogens (tertiary/aromatic N) is 2. The normalized spacial score (nSPS) is 13.5. The van der Waals surface area contributed by atoms with Gasteiger partial charge in [0.25, 0.3) is 0 Å². The summed E-state index contributed by atoms with van der Waals surface area (Å²) >= 11 is 0. The Bertz CT molecular complexity index is 3350. The molecule has 254 valence electrons. The summed E-state index contributed by atoms with van der Waals surface area (Å²) in [5.74, 6) is 0. The van der Waals surface area contributed by atoms with Crippen molar-refractivity contribution < 1.29 is 4.42 Å². The lowest BCUT2D eigenvalue weighted by Gasteiger charge is -2.22. The summed E-state index contributed by atoms with van der Waals surface area (Å²) in [6.07, 6.45) is 0. The van der Waals surface area contributed by atoms with Gasteiger partial charge in [0.1, 0.15) is 11.2 Å². The molecule has 3 heteroatoms. The predicted octanol–water partition coefficient (Wildman–Crippen LogP) is 13.8. The first-order chi connectivity index (χ1) is 26.5. The molecule has 0 bridgehead atoms. The van der Waals surface area contributed by atoms with Crippen molar-refractivity contribution in [3.05, 3.63) is 181 Å². The standard InChI is InChI=1S/C51H34N2O/c1-51(2)41-24-27-48-50(38-16-8-11-19-47(38)54-48)49(41)37-23-22-34(30-42(37)51)53-44-18-10-7-15-36(44)40-29-32(21-26-46(40)53)31-20-25-45-39(28-31)35-14-6-9-17-43(35)52(45)33-12-4-3-5-13-33/h3-30H,1-2H3. The summed E-state index contributed by atoms with van der Waals surface area (Å²) in [7, 11) is 0. The van der Waals surface area contributed by atoms with Gasteiger partial charge in [-0.25, -0.2) is 0 Å². The van der Waals surface area contributed by atoms with Crippen LogP contribution in [0.4, 0.5) is 0 Å². The molecule has 3 nitrogen and oxygen atoms in total. The van der Waals surface area contributed by atoms with Gasteiger partial charge in [-0.05, 0) is 106 Å². The molecule has 54 heavy (non-hydrogen) atoms. The Kier molecular flexibility index (Phi) is 5.84. The molecule has 0 amide bonds. The van der Waals surface area contributed by atoms with Crippen molar-refractivity contribution in [1.29, 1.82) is 0 Å². The molecule has 0 atom stereocenters. The van der Waals surface area contributed by atoms with E-state index < -0.39 is 0 Å². The minimum Gasteiger partial charge on any atom is -0.456 e. The maximum absolute atomic E-state index is 6.34. The van der Waals surface area contributed by atoms with Crippen LogP contribution in [-0.4, -0.2) is 9.13 Å². The number of rotatable bonds is 3. The van der Waals surface area contributed by atoms with Crippen LogP contribution in [0.25, 0.3) is 99.2 Å². The van der Waals surface area contributed by atoms with Gasteiger partial charge in [-0.2, -0.15) is 0 Å². The molecular formula is C51H34N2O. The van der Waals surface area contributed by atoms with Gasteiger partial charge in [-0.15, -0.1) is 0 Å². The topological polar surface area (TPSA) is 23.0 Å². The van der Waals surface area contributed by atoms with Crippen LogP contribution >= 0.6 is 0 Å². The molecule has 0 unspecified atom stereocenters. The highest BCUT2D eigenvalue weighted by atomic mass is 16.3. The molecule has 1 aliphatic rings. The molecule has 11 aromatic rings. The van der Waals surface area contributed by atoms with Gasteiger partial charge in [0.15, 0.2) is 0 Å². The molecule has 0 saturated heterocycles. The third-order valence-electron chi connectivity index (χ3n) is 12.1. The van der Waals surface area contributed by atoms with Gasteiger partial charge in [0.2, 0.25) is 0 Å². The molecule has 0 spiro atoms. The van der Waals surface area contributed by atoms with Gasteiger partial charge in [-0.1, -0.05) is 111 Å². The van der Waals surface area contributed by atoms with Crippen LogP contribution in [-0.2, 0) is 5.41 Å². The molecule has 0 N–H and O–H groups in total. The van der Waals surface area contributed by atoms with E-state index >= 15 is 0 Å². The maximum atomic E-state index is 6.34. The number of benzene rings is 8. The van der Waals surface area contributed by atoms with Crippen LogP contribution in [0.1, 0.15) is 25.0 Å². The van der Waals surface area contributed by atoms with Gasteiger partial charge < -0.3 is 13.6 Å². The summed E-state index contributed by atoms with van der Waals surface area (Å²) < 4.78 is 11.2. The molecule has 0 fully saturated rings. The van der Waals surface area contributed by atoms with Gasteiger partial charge in [0.05, 0.1) is 22.1 Å². The van der Waals surface area contributed by atoms with E-state index in [0.717, 1.165) is 11.2 Å². The third-order valence-corrected chi connectivity index (χ3v) is 12.1. The second kappa shape index (κ2) is 10.6. The average Bonchev–Trinajstić information content (AvgIpc) is 3.93. The Morgan fingerprint density at radius 3 is 1.67 bits per heavy atom. The first-order valence-electron chi connectivity index (χ1n) is 18.8. The van der Waals surface area contributed by atoms with Crippen molar-refractivity contribution in [2.45, 2.75) is 19.3 Å². The summed E-state index contributed by atoms with van der Waals surface area (Å²) in [6.45, 7) is 4.73. The summed E-state index contributed by atoms with van der Waals surface area (Å²) in [6, 6.07) is 62.1. The van der Waals surface area contributed by atoms with Crippen LogP contribution in [0, 0.1) is 0 Å². The average molecular weight is 691 g/mol. The monoisotopic (exact) mass is 690 g/mol. The Hall–Kier alpha value is -6.84. The van der Waals surface area contributed by atoms with Crippen molar-refractivity contribution >= 4 is 65.6 Å². The summed E-state index contributed by atoms with van der Waals surface area (Å²) in [5, 5.41) is 7.43. The lowest BCUT2D eigenvalue weighted by molar-refractivity contribution is 0.656. The van der Waals surface area contributed by atoms with Crippen LogP contribution in [0.5, 0.6) is 0 Å². The first kappa shape index (κ1) is 29.7. The fourth-order valence-corrected chi connectivity index (χ4v) is 9.61. The highest BCUT2D eigenvalue weighted by Gasteiger charge is 2.38. The molecular weight excluding hydrogens is 657 g/mol. The summed E-state index contributed by atoms with van der Waals surface area (Å²) in [5.41, 5.74) is 16.6. The molecule has 0 aliphatic heterocycles. The minimum atomic E-state index is -0.165. The molecule has 0 radical (unpaired) electrons. The zero-order chi connectivity index (χ0) is 35.7. The largest absolute Gasteiger partial charge is 0.456 e. The van der Waals surface area contributed by atoms with Crippen molar-refractivity contribution in [3.63, 3.8) is 0 Å². The van der Waals surface area contributed by atoms with Gasteiger partial charge in [0, 0.05) is 49.1 Å². The van der Waals surface area contributed by atoms with Crippen molar-refractivity contribution in [2.24, 2.45) is 0 Å². The number of hydrogen-bond acceptors (Lipinski definition) is 1. The number of para-hydroxylation sites is 4. The SMILES string of the molecule is CC1(C)c2cc(-n3c4ccccc4c4cc(-c5ccc6c(c5)c5ccccc5n6-c5ccccc5)ccc43)ccc2-c2c1ccc1oc3ccccc3c21.